The fraction of sp³-hybridized carbons (Fsp3) is 0.588. The Labute approximate surface area is 144 Å². The fourth-order valence-electron chi connectivity index (χ4n) is 2.74. The summed E-state index contributed by atoms with van der Waals surface area (Å²) in [6, 6.07) is 6.37. The predicted octanol–water partition coefficient (Wildman–Crippen LogP) is 2.14. The molecule has 1 aromatic carbocycles. The third-order valence-corrected chi connectivity index (χ3v) is 6.11. The summed E-state index contributed by atoms with van der Waals surface area (Å²) < 4.78 is 26.2. The van der Waals surface area contributed by atoms with Gasteiger partial charge in [-0.05, 0) is 56.6 Å². The molecule has 1 fully saturated rings. The molecule has 0 atom stereocenters. The number of amides is 1. The summed E-state index contributed by atoms with van der Waals surface area (Å²) in [6.07, 6.45) is 4.07. The van der Waals surface area contributed by atoms with Gasteiger partial charge in [-0.3, -0.25) is 9.69 Å². The minimum atomic E-state index is -3.46. The number of rotatable bonds is 8. The third-order valence-electron chi connectivity index (χ3n) is 4.24. The first-order valence-corrected chi connectivity index (χ1v) is 9.96. The van der Waals surface area contributed by atoms with E-state index in [-0.39, 0.29) is 10.8 Å². The zero-order valence-corrected chi connectivity index (χ0v) is 15.3. The molecule has 2 rings (SSSR count). The molecule has 0 saturated carbocycles. The van der Waals surface area contributed by atoms with Gasteiger partial charge in [-0.2, -0.15) is 0 Å². The first-order valence-electron chi connectivity index (χ1n) is 8.52. The van der Waals surface area contributed by atoms with Gasteiger partial charge < -0.3 is 5.32 Å². The number of benzene rings is 1. The zero-order chi connectivity index (χ0) is 17.6. The molecule has 1 aliphatic rings. The van der Waals surface area contributed by atoms with Gasteiger partial charge in [0.05, 0.1) is 11.4 Å². The van der Waals surface area contributed by atoms with Crippen molar-refractivity contribution in [2.24, 2.45) is 0 Å². The van der Waals surface area contributed by atoms with Gasteiger partial charge in [0, 0.05) is 19.3 Å². The molecule has 24 heavy (non-hydrogen) atoms. The van der Waals surface area contributed by atoms with Gasteiger partial charge in [0.15, 0.2) is 0 Å². The van der Waals surface area contributed by atoms with E-state index >= 15 is 0 Å². The highest BCUT2D eigenvalue weighted by Crippen LogP contribution is 2.18. The maximum absolute atomic E-state index is 12.4. The van der Waals surface area contributed by atoms with E-state index in [4.69, 9.17) is 0 Å². The van der Waals surface area contributed by atoms with Crippen molar-refractivity contribution in [1.29, 1.82) is 0 Å². The number of sulfonamides is 1. The van der Waals surface area contributed by atoms with Crippen LogP contribution in [0.3, 0.4) is 0 Å². The van der Waals surface area contributed by atoms with Gasteiger partial charge in [0.2, 0.25) is 15.9 Å². The maximum atomic E-state index is 12.4. The lowest BCUT2D eigenvalue weighted by atomic mass is 10.3. The summed E-state index contributed by atoms with van der Waals surface area (Å²) in [5, 5.41) is 2.82. The summed E-state index contributed by atoms with van der Waals surface area (Å²) in [5.74, 6) is -0.0624. The average Bonchev–Trinajstić information content (AvgIpc) is 3.05. The molecule has 0 aromatic heterocycles. The van der Waals surface area contributed by atoms with Gasteiger partial charge in [0.25, 0.3) is 0 Å². The van der Waals surface area contributed by atoms with E-state index in [0.29, 0.717) is 18.8 Å². The van der Waals surface area contributed by atoms with Crippen LogP contribution in [0.25, 0.3) is 0 Å². The molecule has 0 radical (unpaired) electrons. The van der Waals surface area contributed by atoms with Crippen LogP contribution in [0.5, 0.6) is 0 Å². The largest absolute Gasteiger partial charge is 0.325 e. The molecule has 1 aliphatic heterocycles. The predicted molar refractivity (Wildman–Crippen MR) is 95.5 cm³/mol. The number of carbonyl (C=O) groups excluding carboxylic acids is 1. The van der Waals surface area contributed by atoms with E-state index in [9.17, 15) is 13.2 Å². The highest BCUT2D eigenvalue weighted by atomic mass is 32.2. The highest BCUT2D eigenvalue weighted by Gasteiger charge is 2.20. The van der Waals surface area contributed by atoms with Crippen LogP contribution < -0.4 is 5.32 Å². The van der Waals surface area contributed by atoms with Crippen molar-refractivity contribution >= 4 is 21.6 Å². The molecule has 1 aromatic rings. The lowest BCUT2D eigenvalue weighted by Gasteiger charge is -2.17. The van der Waals surface area contributed by atoms with Gasteiger partial charge in [-0.1, -0.05) is 13.3 Å². The Kier molecular flexibility index (Phi) is 6.77. The topological polar surface area (TPSA) is 69.7 Å². The smallest absolute Gasteiger partial charge is 0.242 e. The standard InChI is InChI=1S/C17H27N3O3S/c1-3-4-11-19(2)24(22,23)16-9-7-15(8-10-16)18-17(21)14-20-12-5-6-13-20/h7-10H,3-6,11-14H2,1-2H3,(H,18,21). The minimum Gasteiger partial charge on any atom is -0.325 e. The number of nitrogens with zero attached hydrogens (tertiary/aromatic N) is 2. The fourth-order valence-corrected chi connectivity index (χ4v) is 3.94. The van der Waals surface area contributed by atoms with Crippen LogP contribution in [-0.4, -0.2) is 56.8 Å². The van der Waals surface area contributed by atoms with Crippen LogP contribution in [0.15, 0.2) is 29.2 Å². The number of carbonyl (C=O) groups is 1. The maximum Gasteiger partial charge on any atom is 0.242 e. The zero-order valence-electron chi connectivity index (χ0n) is 14.5. The Morgan fingerprint density at radius 3 is 2.42 bits per heavy atom. The molecular weight excluding hydrogens is 326 g/mol. The Bertz CT molecular complexity index is 638. The van der Waals surface area contributed by atoms with Gasteiger partial charge in [-0.25, -0.2) is 12.7 Å². The van der Waals surface area contributed by atoms with Crippen molar-refractivity contribution in [2.45, 2.75) is 37.5 Å². The Hall–Kier alpha value is -1.44. The molecule has 7 heteroatoms. The summed E-state index contributed by atoms with van der Waals surface area (Å²) in [4.78, 5) is 14.4. The highest BCUT2D eigenvalue weighted by molar-refractivity contribution is 7.89. The normalized spacial score (nSPS) is 15.8. The molecule has 1 amide bonds. The summed E-state index contributed by atoms with van der Waals surface area (Å²) in [5.41, 5.74) is 0.620. The van der Waals surface area contributed by atoms with Gasteiger partial charge in [-0.15, -0.1) is 0 Å². The van der Waals surface area contributed by atoms with E-state index in [1.807, 2.05) is 6.92 Å². The lowest BCUT2D eigenvalue weighted by molar-refractivity contribution is -0.117. The number of anilines is 1. The lowest BCUT2D eigenvalue weighted by Crippen LogP contribution is -2.31. The molecule has 0 unspecified atom stereocenters. The van der Waals surface area contributed by atoms with E-state index < -0.39 is 10.0 Å². The summed E-state index contributed by atoms with van der Waals surface area (Å²) in [7, 11) is -1.87. The van der Waals surface area contributed by atoms with Crippen LogP contribution in [-0.2, 0) is 14.8 Å². The number of likely N-dealkylation sites (tertiary alicyclic amines) is 1. The van der Waals surface area contributed by atoms with Crippen molar-refractivity contribution in [3.05, 3.63) is 24.3 Å². The first kappa shape index (κ1) is 18.9. The molecule has 1 saturated heterocycles. The molecule has 6 nitrogen and oxygen atoms in total. The molecule has 0 aliphatic carbocycles. The van der Waals surface area contributed by atoms with Crippen LogP contribution >= 0.6 is 0 Å². The molecule has 0 spiro atoms. The van der Waals surface area contributed by atoms with Gasteiger partial charge >= 0.3 is 0 Å². The number of hydrogen-bond acceptors (Lipinski definition) is 4. The monoisotopic (exact) mass is 353 g/mol. The third kappa shape index (κ3) is 5.03. The second kappa shape index (κ2) is 8.60. The van der Waals surface area contributed by atoms with Crippen molar-refractivity contribution in [2.75, 3.05) is 38.5 Å². The molecule has 1 heterocycles. The minimum absolute atomic E-state index is 0.0624. The van der Waals surface area contributed by atoms with Crippen LogP contribution in [0, 0.1) is 0 Å². The Morgan fingerprint density at radius 1 is 1.21 bits per heavy atom. The van der Waals surface area contributed by atoms with E-state index in [0.717, 1.165) is 38.8 Å². The number of nitrogens with one attached hydrogen (secondary N) is 1. The molecule has 0 bridgehead atoms. The summed E-state index contributed by atoms with van der Waals surface area (Å²) in [6.45, 7) is 4.86. The second-order valence-electron chi connectivity index (χ2n) is 6.24. The van der Waals surface area contributed by atoms with E-state index in [1.54, 1.807) is 31.3 Å². The van der Waals surface area contributed by atoms with Crippen LogP contribution in [0.2, 0.25) is 0 Å². The molecule has 134 valence electrons. The van der Waals surface area contributed by atoms with Crippen molar-refractivity contribution < 1.29 is 13.2 Å². The van der Waals surface area contributed by atoms with Crippen LogP contribution in [0.1, 0.15) is 32.6 Å². The number of unbranched alkanes of at least 4 members (excludes halogenated alkanes) is 1. The molecular formula is C17H27N3O3S. The Balaban J connectivity index is 1.95. The average molecular weight is 353 g/mol. The number of hydrogen-bond donors (Lipinski definition) is 1. The SMILES string of the molecule is CCCCN(C)S(=O)(=O)c1ccc(NC(=O)CN2CCCC2)cc1. The quantitative estimate of drug-likeness (QED) is 0.777. The van der Waals surface area contributed by atoms with E-state index in [1.165, 1.54) is 4.31 Å². The molecule has 1 N–H and O–H groups in total. The van der Waals surface area contributed by atoms with E-state index in [2.05, 4.69) is 10.2 Å². The van der Waals surface area contributed by atoms with Crippen LogP contribution in [0.4, 0.5) is 5.69 Å². The second-order valence-corrected chi connectivity index (χ2v) is 8.28. The van der Waals surface area contributed by atoms with Crippen molar-refractivity contribution in [3.8, 4) is 0 Å². The summed E-state index contributed by atoms with van der Waals surface area (Å²) >= 11 is 0. The van der Waals surface area contributed by atoms with Crippen molar-refractivity contribution in [3.63, 3.8) is 0 Å². The first-order chi connectivity index (χ1) is 11.4. The van der Waals surface area contributed by atoms with Gasteiger partial charge in [0.1, 0.15) is 0 Å². The Morgan fingerprint density at radius 2 is 1.83 bits per heavy atom. The van der Waals surface area contributed by atoms with Crippen molar-refractivity contribution in [1.82, 2.24) is 9.21 Å².